The van der Waals surface area contributed by atoms with Gasteiger partial charge in [0.25, 0.3) is 11.1 Å². The van der Waals surface area contributed by atoms with Gasteiger partial charge in [0.05, 0.1) is 34.3 Å². The molecule has 6 aromatic rings. The zero-order valence-electron chi connectivity index (χ0n) is 27.6. The lowest BCUT2D eigenvalue weighted by molar-refractivity contribution is 0.111. The van der Waals surface area contributed by atoms with Crippen LogP contribution in [-0.2, 0) is 10.8 Å². The molecule has 0 unspecified atom stereocenters. The first-order chi connectivity index (χ1) is 23.1. The molecule has 1 N–H and O–H groups in total. The van der Waals surface area contributed by atoms with Gasteiger partial charge < -0.3 is 0 Å². The summed E-state index contributed by atoms with van der Waals surface area (Å²) in [4.78, 5) is 53.2. The number of halogens is 3. The summed E-state index contributed by atoms with van der Waals surface area (Å²) >= 11 is 3.92. The van der Waals surface area contributed by atoms with Crippen LogP contribution in [0.1, 0.15) is 73.4 Å². The summed E-state index contributed by atoms with van der Waals surface area (Å²) in [6.07, 6.45) is 7.37. The van der Waals surface area contributed by atoms with E-state index in [0.717, 1.165) is 19.9 Å². The number of H-pyrrole nitrogens is 1. The quantitative estimate of drug-likeness (QED) is 0.111. The van der Waals surface area contributed by atoms with Gasteiger partial charge in [-0.2, -0.15) is 19.3 Å². The molecule has 0 aliphatic carbocycles. The molecule has 0 atom stereocenters. The first-order valence-electron chi connectivity index (χ1n) is 14.9. The monoisotopic (exact) mass is 886 g/mol. The Kier molecular flexibility index (Phi) is 11.9. The smallest absolute Gasteiger partial charge is 0.280 e. The number of carbonyl (C=O) groups excluding carboxylic acids is 2. The molecule has 0 aliphatic heterocycles. The minimum atomic E-state index is -0.707. The van der Waals surface area contributed by atoms with Crippen molar-refractivity contribution in [1.82, 2.24) is 29.9 Å². The molecule has 0 bridgehead atoms. The molecule has 0 aliphatic rings. The van der Waals surface area contributed by atoms with Gasteiger partial charge in [-0.3, -0.25) is 19.2 Å². The summed E-state index contributed by atoms with van der Waals surface area (Å²) in [6, 6.07) is 14.9. The average Bonchev–Trinajstić information content (AvgIpc) is 3.05. The number of aromatic nitrogens is 6. The van der Waals surface area contributed by atoms with Crippen LogP contribution in [0.5, 0.6) is 0 Å². The Morgan fingerprint density at radius 3 is 1.80 bits per heavy atom. The molecule has 49 heavy (non-hydrogen) atoms. The van der Waals surface area contributed by atoms with Crippen molar-refractivity contribution >= 4 is 79.3 Å². The SMILES string of the molecule is CC(C)(C)c1ccc2c(=O)[nH]ncc2c1.CC(C)(C)c1ccc2c(=O)n(-c3nccc(I)c3C=O)ncc2c1.O=Cc1c(I)ccnc1F. The summed E-state index contributed by atoms with van der Waals surface area (Å²) in [5.41, 5.74) is 2.40. The Morgan fingerprint density at radius 1 is 0.735 bits per heavy atom. The van der Waals surface area contributed by atoms with E-state index in [1.807, 2.05) is 81.6 Å². The van der Waals surface area contributed by atoms with Crippen molar-refractivity contribution in [2.45, 2.75) is 52.4 Å². The number of aromatic amines is 1. The number of hydrogen-bond donors (Lipinski definition) is 1. The zero-order chi connectivity index (χ0) is 36.1. The largest absolute Gasteiger partial charge is 0.298 e. The fraction of sp³-hybridized carbons (Fsp3) is 0.222. The number of pyridine rings is 2. The highest BCUT2D eigenvalue weighted by Crippen LogP contribution is 2.26. The highest BCUT2D eigenvalue weighted by atomic mass is 127. The van der Waals surface area contributed by atoms with E-state index in [2.05, 4.69) is 66.8 Å². The number of carbonyl (C=O) groups is 2. The van der Waals surface area contributed by atoms with Crippen LogP contribution in [0.25, 0.3) is 27.4 Å². The van der Waals surface area contributed by atoms with E-state index in [9.17, 15) is 23.6 Å². The van der Waals surface area contributed by atoms with Crippen molar-refractivity contribution in [2.75, 3.05) is 0 Å². The van der Waals surface area contributed by atoms with Gasteiger partial charge in [0, 0.05) is 30.3 Å². The van der Waals surface area contributed by atoms with Crippen molar-refractivity contribution in [3.8, 4) is 5.82 Å². The molecule has 6 rings (SSSR count). The fourth-order valence-electron chi connectivity index (χ4n) is 4.58. The van der Waals surface area contributed by atoms with Gasteiger partial charge in [-0.05, 0) is 104 Å². The van der Waals surface area contributed by atoms with Gasteiger partial charge in [0.2, 0.25) is 5.95 Å². The lowest BCUT2D eigenvalue weighted by Crippen LogP contribution is -2.24. The Labute approximate surface area is 308 Å². The van der Waals surface area contributed by atoms with Crippen LogP contribution < -0.4 is 11.1 Å². The number of aldehydes is 2. The molecule has 0 radical (unpaired) electrons. The van der Waals surface area contributed by atoms with E-state index in [1.54, 1.807) is 30.7 Å². The van der Waals surface area contributed by atoms with Crippen LogP contribution in [0.3, 0.4) is 0 Å². The predicted molar refractivity (Wildman–Crippen MR) is 205 cm³/mol. The van der Waals surface area contributed by atoms with Gasteiger partial charge in [0.15, 0.2) is 18.4 Å². The fourth-order valence-corrected chi connectivity index (χ4v) is 5.62. The summed E-state index contributed by atoms with van der Waals surface area (Å²) in [6.45, 7) is 12.8. The number of rotatable bonds is 3. The number of fused-ring (bicyclic) bond motifs is 2. The second-order valence-electron chi connectivity index (χ2n) is 12.9. The van der Waals surface area contributed by atoms with E-state index in [0.29, 0.717) is 32.5 Å². The van der Waals surface area contributed by atoms with Crippen LogP contribution in [0.2, 0.25) is 0 Å². The average molecular weight is 887 g/mol. The van der Waals surface area contributed by atoms with Crippen LogP contribution >= 0.6 is 45.2 Å². The molecule has 0 spiro atoms. The first-order valence-corrected chi connectivity index (χ1v) is 17.1. The third kappa shape index (κ3) is 8.86. The van der Waals surface area contributed by atoms with Crippen LogP contribution in [0.4, 0.5) is 4.39 Å². The summed E-state index contributed by atoms with van der Waals surface area (Å²) in [5, 5.41) is 13.4. The van der Waals surface area contributed by atoms with Crippen LogP contribution in [0, 0.1) is 13.1 Å². The summed E-state index contributed by atoms with van der Waals surface area (Å²) in [7, 11) is 0. The van der Waals surface area contributed by atoms with Crippen molar-refractivity contribution in [1.29, 1.82) is 0 Å². The van der Waals surface area contributed by atoms with Gasteiger partial charge in [0.1, 0.15) is 0 Å². The van der Waals surface area contributed by atoms with E-state index in [1.165, 1.54) is 16.4 Å². The third-order valence-electron chi connectivity index (χ3n) is 7.43. The molecule has 252 valence electrons. The van der Waals surface area contributed by atoms with E-state index in [-0.39, 0.29) is 33.3 Å². The Balaban J connectivity index is 0.000000184. The molecule has 0 saturated heterocycles. The maximum Gasteiger partial charge on any atom is 0.280 e. The third-order valence-corrected chi connectivity index (χ3v) is 9.31. The van der Waals surface area contributed by atoms with Crippen LogP contribution in [-0.4, -0.2) is 42.5 Å². The summed E-state index contributed by atoms with van der Waals surface area (Å²) < 4.78 is 15.0. The van der Waals surface area contributed by atoms with Crippen molar-refractivity contribution in [3.05, 3.63) is 129 Å². The first kappa shape index (κ1) is 37.6. The number of nitrogens with one attached hydrogen (secondary N) is 1. The molecule has 0 saturated carbocycles. The van der Waals surface area contributed by atoms with Crippen molar-refractivity contribution < 1.29 is 14.0 Å². The molecule has 13 heteroatoms. The number of hydrogen-bond acceptors (Lipinski definition) is 8. The van der Waals surface area contributed by atoms with Gasteiger partial charge in [-0.1, -0.05) is 53.7 Å². The maximum atomic E-state index is 12.8. The van der Waals surface area contributed by atoms with Crippen molar-refractivity contribution in [2.24, 2.45) is 0 Å². The minimum absolute atomic E-state index is 0.00909. The van der Waals surface area contributed by atoms with Gasteiger partial charge in [-0.25, -0.2) is 15.1 Å². The molecule has 4 aromatic heterocycles. The number of benzene rings is 2. The minimum Gasteiger partial charge on any atom is -0.298 e. The topological polar surface area (TPSA) is 141 Å². The Bertz CT molecular complexity index is 2270. The molecule has 2 aromatic carbocycles. The standard InChI is InChI=1S/C18H16IN3O2.C12H14N2O.C6H3FINO/c1-18(2,3)12-4-5-13-11(8-12)9-21-22(17(13)24)16-14(10-23)15(19)6-7-20-16;1-12(2,3)9-4-5-10-8(6-9)7-13-14-11(10)15;7-6-4(3-10)5(8)1-2-9-6/h4-10H,1-3H3;4-7H,1-3H3,(H,14,15);1-3H. The maximum absolute atomic E-state index is 12.8. The Hall–Kier alpha value is -4.25. The number of nitrogens with zero attached hydrogens (tertiary/aromatic N) is 5. The van der Waals surface area contributed by atoms with Gasteiger partial charge >= 0.3 is 0 Å². The lowest BCUT2D eigenvalue weighted by atomic mass is 9.86. The highest BCUT2D eigenvalue weighted by Gasteiger charge is 2.17. The molecular weight excluding hydrogens is 853 g/mol. The van der Waals surface area contributed by atoms with Crippen LogP contribution in [0.15, 0.2) is 82.9 Å². The molecule has 0 fully saturated rings. The molecular formula is C36H33FI2N6O4. The lowest BCUT2D eigenvalue weighted by Gasteiger charge is -2.19. The molecule has 10 nitrogen and oxygen atoms in total. The highest BCUT2D eigenvalue weighted by molar-refractivity contribution is 14.1. The zero-order valence-corrected chi connectivity index (χ0v) is 31.9. The summed E-state index contributed by atoms with van der Waals surface area (Å²) in [5.74, 6) is -0.453. The molecule has 0 amide bonds. The Morgan fingerprint density at radius 2 is 1.27 bits per heavy atom. The van der Waals surface area contributed by atoms with E-state index >= 15 is 0 Å². The predicted octanol–water partition coefficient (Wildman–Crippen LogP) is 7.35. The molecule has 4 heterocycles. The van der Waals surface area contributed by atoms with E-state index in [4.69, 9.17) is 0 Å². The normalized spacial score (nSPS) is 11.3. The second-order valence-corrected chi connectivity index (χ2v) is 15.3. The van der Waals surface area contributed by atoms with Crippen molar-refractivity contribution in [3.63, 3.8) is 0 Å². The van der Waals surface area contributed by atoms with Gasteiger partial charge in [-0.15, -0.1) is 0 Å². The van der Waals surface area contributed by atoms with E-state index < -0.39 is 5.95 Å². The second kappa shape index (κ2) is 15.5.